The number of hydrogen-bond donors (Lipinski definition) is 0. The summed E-state index contributed by atoms with van der Waals surface area (Å²) in [6.45, 7) is 4.82. The molecule has 184 valence electrons. The Labute approximate surface area is 204 Å². The van der Waals surface area contributed by atoms with Crippen LogP contribution in [0.4, 0.5) is 0 Å². The van der Waals surface area contributed by atoms with Gasteiger partial charge in [-0.2, -0.15) is 5.26 Å². The number of ether oxygens (including phenoxy) is 1. The molecule has 6 nitrogen and oxygen atoms in total. The van der Waals surface area contributed by atoms with Crippen LogP contribution in [0.5, 0.6) is 5.75 Å². The first-order valence-electron chi connectivity index (χ1n) is 13.4. The number of likely N-dealkylation sites (tertiary alicyclic amines) is 1. The monoisotopic (exact) mass is 464 g/mol. The Morgan fingerprint density at radius 3 is 2.59 bits per heavy atom. The molecular formula is C28H40N4O2. The molecule has 0 N–H and O–H groups in total. The van der Waals surface area contributed by atoms with Gasteiger partial charge in [0.1, 0.15) is 5.75 Å². The first-order chi connectivity index (χ1) is 16.5. The lowest BCUT2D eigenvalue weighted by Crippen LogP contribution is -2.40. The lowest BCUT2D eigenvalue weighted by Gasteiger charge is -2.36. The molecule has 3 aliphatic rings. The van der Waals surface area contributed by atoms with E-state index < -0.39 is 0 Å². The van der Waals surface area contributed by atoms with Crippen molar-refractivity contribution < 1.29 is 9.26 Å². The van der Waals surface area contributed by atoms with E-state index in [-0.39, 0.29) is 5.41 Å². The summed E-state index contributed by atoms with van der Waals surface area (Å²) < 4.78 is 12.1. The molecule has 1 saturated heterocycles. The summed E-state index contributed by atoms with van der Waals surface area (Å²) in [7, 11) is 4.16. The van der Waals surface area contributed by atoms with Crippen molar-refractivity contribution in [3.05, 3.63) is 23.4 Å². The van der Waals surface area contributed by atoms with Crippen molar-refractivity contribution in [1.82, 2.24) is 15.0 Å². The normalized spacial score (nSPS) is 21.4. The Balaban J connectivity index is 1.19. The van der Waals surface area contributed by atoms with Crippen molar-refractivity contribution in [1.29, 1.82) is 5.26 Å². The second-order valence-electron chi connectivity index (χ2n) is 11.4. The highest BCUT2D eigenvalue weighted by Crippen LogP contribution is 2.39. The SMILES string of the molecule is CN(C)Cc1c(OCC2CC2)ccc2c(CCC3CCN(CC4(C#N)CCCC4)CC3)noc12. The van der Waals surface area contributed by atoms with E-state index in [2.05, 4.69) is 47.3 Å². The molecule has 5 rings (SSSR count). The number of hydrogen-bond acceptors (Lipinski definition) is 6. The van der Waals surface area contributed by atoms with E-state index in [1.165, 1.54) is 38.5 Å². The molecular weight excluding hydrogens is 424 g/mol. The fourth-order valence-corrected chi connectivity index (χ4v) is 5.92. The molecule has 1 aromatic carbocycles. The Morgan fingerprint density at radius 1 is 1.15 bits per heavy atom. The van der Waals surface area contributed by atoms with Crippen molar-refractivity contribution in [2.75, 3.05) is 40.3 Å². The topological polar surface area (TPSA) is 65.5 Å². The number of nitriles is 1. The zero-order chi connectivity index (χ0) is 23.5. The van der Waals surface area contributed by atoms with Gasteiger partial charge in [-0.25, -0.2) is 0 Å². The molecule has 6 heteroatoms. The van der Waals surface area contributed by atoms with Crippen LogP contribution in [0.1, 0.15) is 69.0 Å². The molecule has 2 saturated carbocycles. The summed E-state index contributed by atoms with van der Waals surface area (Å²) in [5.74, 6) is 2.40. The maximum Gasteiger partial charge on any atom is 0.175 e. The van der Waals surface area contributed by atoms with Gasteiger partial charge in [0.2, 0.25) is 0 Å². The lowest BCUT2D eigenvalue weighted by atomic mass is 9.85. The third kappa shape index (κ3) is 5.42. The molecule has 0 atom stereocenters. The Kier molecular flexibility index (Phi) is 7.13. The summed E-state index contributed by atoms with van der Waals surface area (Å²) in [5.41, 5.74) is 3.03. The number of nitrogens with zero attached hydrogens (tertiary/aromatic N) is 4. The Morgan fingerprint density at radius 2 is 1.91 bits per heavy atom. The van der Waals surface area contributed by atoms with E-state index in [1.54, 1.807) is 0 Å². The lowest BCUT2D eigenvalue weighted by molar-refractivity contribution is 0.135. The summed E-state index contributed by atoms with van der Waals surface area (Å²) >= 11 is 0. The van der Waals surface area contributed by atoms with Crippen LogP contribution in [-0.2, 0) is 13.0 Å². The van der Waals surface area contributed by atoms with Crippen molar-refractivity contribution in [3.8, 4) is 11.8 Å². The molecule has 1 aromatic heterocycles. The largest absolute Gasteiger partial charge is 0.493 e. The number of aryl methyl sites for hydroxylation is 1. The summed E-state index contributed by atoms with van der Waals surface area (Å²) in [4.78, 5) is 4.71. The van der Waals surface area contributed by atoms with E-state index in [4.69, 9.17) is 9.26 Å². The minimum Gasteiger partial charge on any atom is -0.493 e. The van der Waals surface area contributed by atoms with Crippen molar-refractivity contribution in [2.24, 2.45) is 17.3 Å². The summed E-state index contributed by atoms with van der Waals surface area (Å²) in [6.07, 6.45) is 11.8. The standard InChI is InChI=1S/C28H40N4O2/c1-31(2)17-24-26(33-18-22-5-6-22)10-8-23-25(30-34-27(23)24)9-7-21-11-15-32(16-12-21)20-28(19-29)13-3-4-14-28/h8,10,21-22H,3-7,9,11-18,20H2,1-2H3. The van der Waals surface area contributed by atoms with Crippen LogP contribution in [0.25, 0.3) is 11.0 Å². The van der Waals surface area contributed by atoms with Gasteiger partial charge in [-0.1, -0.05) is 18.0 Å². The van der Waals surface area contributed by atoms with Crippen molar-refractivity contribution in [3.63, 3.8) is 0 Å². The van der Waals surface area contributed by atoms with Crippen molar-refractivity contribution in [2.45, 2.75) is 70.8 Å². The van der Waals surface area contributed by atoms with Crippen LogP contribution >= 0.6 is 0 Å². The van der Waals surface area contributed by atoms with E-state index in [0.29, 0.717) is 0 Å². The van der Waals surface area contributed by atoms with Gasteiger partial charge in [-0.15, -0.1) is 0 Å². The van der Waals surface area contributed by atoms with Gasteiger partial charge in [0.15, 0.2) is 5.58 Å². The van der Waals surface area contributed by atoms with Crippen LogP contribution < -0.4 is 4.74 Å². The number of benzene rings is 1. The highest BCUT2D eigenvalue weighted by atomic mass is 16.5. The van der Waals surface area contributed by atoms with Crippen LogP contribution in [0.15, 0.2) is 16.7 Å². The Bertz CT molecular complexity index is 1010. The van der Waals surface area contributed by atoms with Crippen LogP contribution in [0.2, 0.25) is 0 Å². The van der Waals surface area contributed by atoms with Gasteiger partial charge in [0.05, 0.1) is 29.3 Å². The molecule has 1 aliphatic heterocycles. The van der Waals surface area contributed by atoms with Gasteiger partial charge < -0.3 is 19.1 Å². The van der Waals surface area contributed by atoms with Gasteiger partial charge in [-0.05, 0) is 103 Å². The first kappa shape index (κ1) is 23.6. The third-order valence-electron chi connectivity index (χ3n) is 8.24. The van der Waals surface area contributed by atoms with E-state index >= 15 is 0 Å². The van der Waals surface area contributed by atoms with Crippen LogP contribution in [0, 0.1) is 28.6 Å². The zero-order valence-electron chi connectivity index (χ0n) is 21.0. The molecule has 0 unspecified atom stereocenters. The fraction of sp³-hybridized carbons (Fsp3) is 0.714. The molecule has 2 heterocycles. The highest BCUT2D eigenvalue weighted by Gasteiger charge is 2.36. The predicted octanol–water partition coefficient (Wildman–Crippen LogP) is 5.41. The van der Waals surface area contributed by atoms with E-state index in [9.17, 15) is 5.26 Å². The minimum absolute atomic E-state index is 0.0715. The molecule has 2 aliphatic carbocycles. The average Bonchev–Trinajstić information content (AvgIpc) is 3.39. The smallest absolute Gasteiger partial charge is 0.175 e. The summed E-state index contributed by atoms with van der Waals surface area (Å²) in [5, 5.41) is 15.4. The first-order valence-corrected chi connectivity index (χ1v) is 13.4. The van der Waals surface area contributed by atoms with Crippen LogP contribution in [0.3, 0.4) is 0 Å². The van der Waals surface area contributed by atoms with Gasteiger partial charge >= 0.3 is 0 Å². The predicted molar refractivity (Wildman–Crippen MR) is 134 cm³/mol. The fourth-order valence-electron chi connectivity index (χ4n) is 5.92. The number of aromatic nitrogens is 1. The molecule has 2 aromatic rings. The Hall–Kier alpha value is -2.10. The third-order valence-corrected chi connectivity index (χ3v) is 8.24. The molecule has 34 heavy (non-hydrogen) atoms. The average molecular weight is 465 g/mol. The second kappa shape index (κ2) is 10.3. The quantitative estimate of drug-likeness (QED) is 0.469. The second-order valence-corrected chi connectivity index (χ2v) is 11.4. The molecule has 0 spiro atoms. The molecule has 0 bridgehead atoms. The van der Waals surface area contributed by atoms with E-state index in [1.807, 2.05) is 0 Å². The highest BCUT2D eigenvalue weighted by molar-refractivity contribution is 5.84. The van der Waals surface area contributed by atoms with E-state index in [0.717, 1.165) is 98.3 Å². The zero-order valence-corrected chi connectivity index (χ0v) is 21.0. The maximum atomic E-state index is 9.71. The molecule has 0 radical (unpaired) electrons. The van der Waals surface area contributed by atoms with Gasteiger partial charge in [0, 0.05) is 18.5 Å². The molecule has 3 fully saturated rings. The number of piperidine rings is 1. The summed E-state index contributed by atoms with van der Waals surface area (Å²) in [6, 6.07) is 6.93. The minimum atomic E-state index is -0.0715. The van der Waals surface area contributed by atoms with Gasteiger partial charge in [0.25, 0.3) is 0 Å². The number of fused-ring (bicyclic) bond motifs is 1. The van der Waals surface area contributed by atoms with Gasteiger partial charge in [-0.3, -0.25) is 0 Å². The maximum absolute atomic E-state index is 9.71. The molecule has 0 amide bonds. The van der Waals surface area contributed by atoms with Crippen LogP contribution in [-0.4, -0.2) is 55.3 Å². The van der Waals surface area contributed by atoms with Crippen molar-refractivity contribution >= 4 is 11.0 Å². The number of rotatable bonds is 10.